The Hall–Kier alpha value is -1.04. The maximum Gasteiger partial charge on any atom is -0.0348 e. The third-order valence-electron chi connectivity index (χ3n) is 2.32. The molecule has 76 valence electrons. The minimum Gasteiger partial charge on any atom is -0.0845 e. The van der Waals surface area contributed by atoms with Crippen LogP contribution in [0, 0.1) is 0 Å². The summed E-state index contributed by atoms with van der Waals surface area (Å²) in [7, 11) is 0. The zero-order valence-electron chi connectivity index (χ0n) is 8.86. The lowest BCUT2D eigenvalue weighted by Crippen LogP contribution is -1.76. The van der Waals surface area contributed by atoms with Gasteiger partial charge in [-0.05, 0) is 25.7 Å². The van der Waals surface area contributed by atoms with Gasteiger partial charge < -0.3 is 0 Å². The van der Waals surface area contributed by atoms with Crippen molar-refractivity contribution in [2.75, 3.05) is 0 Å². The van der Waals surface area contributed by atoms with Crippen molar-refractivity contribution in [1.29, 1.82) is 0 Å². The fourth-order valence-electron chi connectivity index (χ4n) is 1.48. The van der Waals surface area contributed by atoms with E-state index in [1.807, 2.05) is 0 Å². The Morgan fingerprint density at radius 2 is 0.857 bits per heavy atom. The molecule has 0 heterocycles. The van der Waals surface area contributed by atoms with E-state index in [4.69, 9.17) is 0 Å². The van der Waals surface area contributed by atoms with E-state index in [1.54, 1.807) is 0 Å². The van der Waals surface area contributed by atoms with Crippen LogP contribution in [0.25, 0.3) is 0 Å². The Labute approximate surface area is 87.7 Å². The monoisotopic (exact) mass is 188 g/mol. The maximum atomic E-state index is 2.26. The molecular formula is C14H20. The van der Waals surface area contributed by atoms with Crippen LogP contribution in [-0.4, -0.2) is 0 Å². The van der Waals surface area contributed by atoms with Crippen LogP contribution in [0.1, 0.15) is 38.5 Å². The highest BCUT2D eigenvalue weighted by Gasteiger charge is 1.87. The Morgan fingerprint density at radius 1 is 0.429 bits per heavy atom. The van der Waals surface area contributed by atoms with Gasteiger partial charge in [-0.25, -0.2) is 0 Å². The number of hydrogen-bond donors (Lipinski definition) is 0. The van der Waals surface area contributed by atoms with Gasteiger partial charge in [0.25, 0.3) is 0 Å². The second kappa shape index (κ2) is 8.55. The molecule has 14 heavy (non-hydrogen) atoms. The van der Waals surface area contributed by atoms with Gasteiger partial charge in [0.1, 0.15) is 0 Å². The molecule has 1 rings (SSSR count). The molecule has 0 aromatic heterocycles. The summed E-state index contributed by atoms with van der Waals surface area (Å²) in [5, 5.41) is 0. The van der Waals surface area contributed by atoms with Crippen LogP contribution in [0.15, 0.2) is 48.6 Å². The molecular weight excluding hydrogens is 168 g/mol. The normalized spacial score (nSPS) is 24.0. The molecule has 0 amide bonds. The predicted molar refractivity (Wildman–Crippen MR) is 64.3 cm³/mol. The molecule has 0 unspecified atom stereocenters. The van der Waals surface area contributed by atoms with E-state index in [1.165, 1.54) is 38.5 Å². The van der Waals surface area contributed by atoms with Gasteiger partial charge in [-0.15, -0.1) is 0 Å². The minimum absolute atomic E-state index is 1.23. The van der Waals surface area contributed by atoms with E-state index in [9.17, 15) is 0 Å². The van der Waals surface area contributed by atoms with E-state index in [2.05, 4.69) is 48.6 Å². The van der Waals surface area contributed by atoms with Crippen LogP contribution < -0.4 is 0 Å². The molecule has 0 radical (unpaired) electrons. The molecule has 0 nitrogen and oxygen atoms in total. The van der Waals surface area contributed by atoms with Gasteiger partial charge in [0, 0.05) is 0 Å². The standard InChI is InChI=1S/C14H20/c1-2-4-6-8-10-12-14-13-11-9-7-5-3-1/h1-8H,9-14H2/b3-1?,4-2?,7-5-,8-6-. The fourth-order valence-corrected chi connectivity index (χ4v) is 1.48. The van der Waals surface area contributed by atoms with Crippen LogP contribution >= 0.6 is 0 Å². The molecule has 0 aliphatic heterocycles. The average Bonchev–Trinajstić information content (AvgIpc) is 2.22. The van der Waals surface area contributed by atoms with Crippen LogP contribution in [-0.2, 0) is 0 Å². The first-order chi connectivity index (χ1) is 7.00. The van der Waals surface area contributed by atoms with Gasteiger partial charge in [-0.2, -0.15) is 0 Å². The lowest BCUT2D eigenvalue weighted by Gasteiger charge is -1.96. The fraction of sp³-hybridized carbons (Fsp3) is 0.429. The zero-order valence-corrected chi connectivity index (χ0v) is 8.86. The largest absolute Gasteiger partial charge is 0.0845 e. The van der Waals surface area contributed by atoms with Crippen LogP contribution in [0.3, 0.4) is 0 Å². The van der Waals surface area contributed by atoms with E-state index < -0.39 is 0 Å². The van der Waals surface area contributed by atoms with Gasteiger partial charge >= 0.3 is 0 Å². The first-order valence-corrected chi connectivity index (χ1v) is 5.65. The maximum absolute atomic E-state index is 2.26. The molecule has 1 aliphatic rings. The average molecular weight is 188 g/mol. The topological polar surface area (TPSA) is 0 Å². The van der Waals surface area contributed by atoms with Crippen molar-refractivity contribution in [2.45, 2.75) is 38.5 Å². The summed E-state index contributed by atoms with van der Waals surface area (Å²) in [4.78, 5) is 0. The quantitative estimate of drug-likeness (QED) is 0.522. The Kier molecular flexibility index (Phi) is 6.74. The first kappa shape index (κ1) is 11.0. The predicted octanol–water partition coefficient (Wildman–Crippen LogP) is 4.57. The third-order valence-corrected chi connectivity index (χ3v) is 2.32. The third kappa shape index (κ3) is 6.47. The summed E-state index contributed by atoms with van der Waals surface area (Å²) >= 11 is 0. The summed E-state index contributed by atoms with van der Waals surface area (Å²) in [6.07, 6.45) is 25.0. The number of hydrogen-bond acceptors (Lipinski definition) is 0. The van der Waals surface area contributed by atoms with Gasteiger partial charge in [0.2, 0.25) is 0 Å². The lowest BCUT2D eigenvalue weighted by atomic mass is 10.1. The summed E-state index contributed by atoms with van der Waals surface area (Å²) in [6.45, 7) is 0. The van der Waals surface area contributed by atoms with Crippen molar-refractivity contribution in [1.82, 2.24) is 0 Å². The second-order valence-electron chi connectivity index (χ2n) is 3.62. The molecule has 1 aliphatic carbocycles. The van der Waals surface area contributed by atoms with E-state index in [0.29, 0.717) is 0 Å². The highest BCUT2D eigenvalue weighted by molar-refractivity contribution is 5.15. The Bertz CT molecular complexity index is 202. The van der Waals surface area contributed by atoms with E-state index >= 15 is 0 Å². The summed E-state index contributed by atoms with van der Waals surface area (Å²) < 4.78 is 0. The van der Waals surface area contributed by atoms with Gasteiger partial charge in [0.05, 0.1) is 0 Å². The smallest absolute Gasteiger partial charge is 0.0348 e. The lowest BCUT2D eigenvalue weighted by molar-refractivity contribution is 0.652. The highest BCUT2D eigenvalue weighted by Crippen LogP contribution is 2.06. The molecule has 0 heteroatoms. The zero-order chi connectivity index (χ0) is 9.90. The Morgan fingerprint density at radius 3 is 1.36 bits per heavy atom. The summed E-state index contributed by atoms with van der Waals surface area (Å²) in [5.74, 6) is 0. The van der Waals surface area contributed by atoms with Crippen LogP contribution in [0.4, 0.5) is 0 Å². The van der Waals surface area contributed by atoms with Crippen molar-refractivity contribution in [3.05, 3.63) is 48.6 Å². The SMILES string of the molecule is C1=C/C=C\CCCCCC/C=C\C=C1. The number of rotatable bonds is 0. The van der Waals surface area contributed by atoms with Crippen molar-refractivity contribution >= 4 is 0 Å². The van der Waals surface area contributed by atoms with Crippen molar-refractivity contribution in [2.24, 2.45) is 0 Å². The van der Waals surface area contributed by atoms with E-state index in [0.717, 1.165) is 0 Å². The summed E-state index contributed by atoms with van der Waals surface area (Å²) in [5.41, 5.74) is 0. The molecule has 0 saturated carbocycles. The van der Waals surface area contributed by atoms with E-state index in [-0.39, 0.29) is 0 Å². The van der Waals surface area contributed by atoms with Crippen LogP contribution in [0.2, 0.25) is 0 Å². The Balaban J connectivity index is 2.36. The molecule has 0 bridgehead atoms. The second-order valence-corrected chi connectivity index (χ2v) is 3.62. The molecule has 0 spiro atoms. The van der Waals surface area contributed by atoms with Crippen molar-refractivity contribution < 1.29 is 0 Å². The minimum atomic E-state index is 1.23. The summed E-state index contributed by atoms with van der Waals surface area (Å²) in [6, 6.07) is 0. The van der Waals surface area contributed by atoms with Gasteiger partial charge in [0.15, 0.2) is 0 Å². The molecule has 0 fully saturated rings. The van der Waals surface area contributed by atoms with Crippen molar-refractivity contribution in [3.8, 4) is 0 Å². The van der Waals surface area contributed by atoms with Gasteiger partial charge in [-0.1, -0.05) is 61.4 Å². The number of allylic oxidation sites excluding steroid dienone is 8. The molecule has 0 aromatic carbocycles. The van der Waals surface area contributed by atoms with Crippen LogP contribution in [0.5, 0.6) is 0 Å². The molecule has 0 aromatic rings. The molecule has 0 N–H and O–H groups in total. The van der Waals surface area contributed by atoms with Gasteiger partial charge in [-0.3, -0.25) is 0 Å². The first-order valence-electron chi connectivity index (χ1n) is 5.65. The van der Waals surface area contributed by atoms with Crippen molar-refractivity contribution in [3.63, 3.8) is 0 Å². The highest BCUT2D eigenvalue weighted by atomic mass is 13.9. The molecule has 0 atom stereocenters. The molecule has 0 saturated heterocycles.